The highest BCUT2D eigenvalue weighted by Crippen LogP contribution is 2.12. The van der Waals surface area contributed by atoms with Crippen LogP contribution in [-0.4, -0.2) is 31.3 Å². The molecule has 0 aliphatic carbocycles. The Morgan fingerprint density at radius 2 is 1.40 bits per heavy atom. The lowest BCUT2D eigenvalue weighted by Crippen LogP contribution is -2.19. The Morgan fingerprint density at radius 3 is 1.53 bits per heavy atom. The zero-order valence-electron chi connectivity index (χ0n) is 9.65. The molecule has 0 saturated carbocycles. The van der Waals surface area contributed by atoms with E-state index in [1.54, 1.807) is 0 Å². The average Bonchev–Trinajstić information content (AvgIpc) is 2.17. The zero-order valence-corrected chi connectivity index (χ0v) is 10.5. The Morgan fingerprint density at radius 1 is 1.07 bits per heavy atom. The third-order valence-corrected chi connectivity index (χ3v) is 3.12. The molecule has 0 atom stereocenters. The summed E-state index contributed by atoms with van der Waals surface area (Å²) in [7, 11) is -3.79. The van der Waals surface area contributed by atoms with Gasteiger partial charge < -0.3 is 11.5 Å². The molecule has 15 heavy (non-hydrogen) atoms. The summed E-state index contributed by atoms with van der Waals surface area (Å²) in [5, 5.41) is -0.544. The lowest BCUT2D eigenvalue weighted by molar-refractivity contribution is 0.453. The zero-order chi connectivity index (χ0) is 12.3. The Balaban J connectivity index is 0. The molecule has 0 unspecified atom stereocenters. The molecule has 0 aromatic rings. The second-order valence-electron chi connectivity index (χ2n) is 3.29. The smallest absolute Gasteiger partial charge is 0.267 e. The first kappa shape index (κ1) is 17.2. The van der Waals surface area contributed by atoms with Crippen LogP contribution in [0.5, 0.6) is 0 Å². The van der Waals surface area contributed by atoms with Crippen molar-refractivity contribution in [1.82, 2.24) is 0 Å². The van der Waals surface area contributed by atoms with Crippen LogP contribution in [0.15, 0.2) is 0 Å². The van der Waals surface area contributed by atoms with Crippen LogP contribution < -0.4 is 11.5 Å². The quantitative estimate of drug-likeness (QED) is 0.594. The fourth-order valence-corrected chi connectivity index (χ4v) is 2.15. The standard InChI is InChI=1S/C7H16O3S.C2H8N2/c1-3-5-7(6-4-2)11(8,9)10;3-1-2-4/h7H,3-6H2,1-2H3,(H,8,9,10);1-4H2. The van der Waals surface area contributed by atoms with Crippen molar-refractivity contribution in [2.75, 3.05) is 13.1 Å². The summed E-state index contributed by atoms with van der Waals surface area (Å²) in [5.74, 6) is 0. The molecule has 0 aromatic heterocycles. The van der Waals surface area contributed by atoms with Crippen LogP contribution >= 0.6 is 0 Å². The van der Waals surface area contributed by atoms with E-state index in [0.29, 0.717) is 25.9 Å². The van der Waals surface area contributed by atoms with E-state index in [0.717, 1.165) is 12.8 Å². The number of hydrogen-bond donors (Lipinski definition) is 3. The third-order valence-electron chi connectivity index (χ3n) is 1.81. The normalized spacial score (nSPS) is 11.1. The van der Waals surface area contributed by atoms with E-state index in [-0.39, 0.29) is 0 Å². The van der Waals surface area contributed by atoms with Gasteiger partial charge in [0, 0.05) is 13.1 Å². The minimum atomic E-state index is -3.79. The molecule has 94 valence electrons. The van der Waals surface area contributed by atoms with Gasteiger partial charge in [-0.05, 0) is 12.8 Å². The van der Waals surface area contributed by atoms with Crippen LogP contribution in [0.2, 0.25) is 0 Å². The summed E-state index contributed by atoms with van der Waals surface area (Å²) < 4.78 is 30.0. The Kier molecular flexibility index (Phi) is 11.9. The van der Waals surface area contributed by atoms with E-state index in [4.69, 9.17) is 16.0 Å². The van der Waals surface area contributed by atoms with Gasteiger partial charge in [0.1, 0.15) is 0 Å². The molecule has 0 saturated heterocycles. The minimum Gasteiger partial charge on any atom is -0.329 e. The highest BCUT2D eigenvalue weighted by molar-refractivity contribution is 7.86. The van der Waals surface area contributed by atoms with Gasteiger partial charge in [0.05, 0.1) is 5.25 Å². The highest BCUT2D eigenvalue weighted by Gasteiger charge is 2.20. The molecule has 6 heteroatoms. The Labute approximate surface area is 93.0 Å². The van der Waals surface area contributed by atoms with Crippen LogP contribution in [0.25, 0.3) is 0 Å². The summed E-state index contributed by atoms with van der Waals surface area (Å²) >= 11 is 0. The van der Waals surface area contributed by atoms with Gasteiger partial charge in [-0.1, -0.05) is 26.7 Å². The molecule has 0 bridgehead atoms. The van der Waals surface area contributed by atoms with Gasteiger partial charge in [-0.25, -0.2) is 0 Å². The monoisotopic (exact) mass is 240 g/mol. The average molecular weight is 240 g/mol. The molecule has 5 nitrogen and oxygen atoms in total. The second-order valence-corrected chi connectivity index (χ2v) is 4.99. The first-order valence-electron chi connectivity index (χ1n) is 5.30. The topological polar surface area (TPSA) is 106 Å². The maximum Gasteiger partial charge on any atom is 0.267 e. The molecule has 0 amide bonds. The first-order valence-corrected chi connectivity index (χ1v) is 6.80. The van der Waals surface area contributed by atoms with Gasteiger partial charge in [0.2, 0.25) is 0 Å². The van der Waals surface area contributed by atoms with E-state index in [2.05, 4.69) is 0 Å². The maximum atomic E-state index is 10.7. The SMILES string of the molecule is CCCC(CCC)S(=O)(=O)O.NCCN. The molecule has 0 heterocycles. The molecule has 0 rings (SSSR count). The molecule has 0 fully saturated rings. The summed E-state index contributed by atoms with van der Waals surface area (Å²) in [4.78, 5) is 0. The second kappa shape index (κ2) is 10.4. The molecule has 0 aliphatic heterocycles. The molecule has 0 radical (unpaired) electrons. The lowest BCUT2D eigenvalue weighted by Gasteiger charge is -2.10. The van der Waals surface area contributed by atoms with Crippen molar-refractivity contribution in [2.45, 2.75) is 44.8 Å². The highest BCUT2D eigenvalue weighted by atomic mass is 32.2. The Bertz CT molecular complexity index is 209. The van der Waals surface area contributed by atoms with Crippen molar-refractivity contribution >= 4 is 10.1 Å². The molecule has 0 aromatic carbocycles. The predicted molar refractivity (Wildman–Crippen MR) is 63.3 cm³/mol. The van der Waals surface area contributed by atoms with Crippen LogP contribution in [0.1, 0.15) is 39.5 Å². The number of hydrogen-bond acceptors (Lipinski definition) is 4. The fraction of sp³-hybridized carbons (Fsp3) is 1.00. The fourth-order valence-electron chi connectivity index (χ4n) is 1.09. The summed E-state index contributed by atoms with van der Waals surface area (Å²) in [5.41, 5.74) is 9.81. The van der Waals surface area contributed by atoms with Gasteiger partial charge in [-0.3, -0.25) is 4.55 Å². The molecule has 5 N–H and O–H groups in total. The van der Waals surface area contributed by atoms with Crippen LogP contribution in [-0.2, 0) is 10.1 Å². The summed E-state index contributed by atoms with van der Waals surface area (Å²) in [6.07, 6.45) is 2.72. The van der Waals surface area contributed by atoms with Crippen LogP contribution in [0.4, 0.5) is 0 Å². The van der Waals surface area contributed by atoms with Crippen molar-refractivity contribution in [3.63, 3.8) is 0 Å². The molecular weight excluding hydrogens is 216 g/mol. The maximum absolute atomic E-state index is 10.7. The van der Waals surface area contributed by atoms with E-state index in [1.165, 1.54) is 0 Å². The van der Waals surface area contributed by atoms with Crippen molar-refractivity contribution in [1.29, 1.82) is 0 Å². The predicted octanol–water partition coefficient (Wildman–Crippen LogP) is 0.747. The van der Waals surface area contributed by atoms with Crippen molar-refractivity contribution < 1.29 is 13.0 Å². The molecule has 0 spiro atoms. The van der Waals surface area contributed by atoms with Gasteiger partial charge in [0.25, 0.3) is 10.1 Å². The van der Waals surface area contributed by atoms with Gasteiger partial charge >= 0.3 is 0 Å². The van der Waals surface area contributed by atoms with Crippen LogP contribution in [0.3, 0.4) is 0 Å². The number of nitrogens with two attached hydrogens (primary N) is 2. The third kappa shape index (κ3) is 11.8. The van der Waals surface area contributed by atoms with E-state index in [9.17, 15) is 8.42 Å². The molecular formula is C9H24N2O3S. The summed E-state index contributed by atoms with van der Waals surface area (Å²) in [6, 6.07) is 0. The van der Waals surface area contributed by atoms with E-state index >= 15 is 0 Å². The van der Waals surface area contributed by atoms with Crippen molar-refractivity contribution in [3.05, 3.63) is 0 Å². The van der Waals surface area contributed by atoms with Gasteiger partial charge in [0.15, 0.2) is 0 Å². The summed E-state index contributed by atoms with van der Waals surface area (Å²) in [6.45, 7) is 5.02. The van der Waals surface area contributed by atoms with Gasteiger partial charge in [-0.2, -0.15) is 8.42 Å². The lowest BCUT2D eigenvalue weighted by atomic mass is 10.2. The van der Waals surface area contributed by atoms with Crippen molar-refractivity contribution in [3.8, 4) is 0 Å². The Hall–Kier alpha value is -0.170. The first-order chi connectivity index (χ1) is 6.93. The number of rotatable bonds is 6. The van der Waals surface area contributed by atoms with Crippen LogP contribution in [0, 0.1) is 0 Å². The minimum absolute atomic E-state index is 0.544. The van der Waals surface area contributed by atoms with Crippen molar-refractivity contribution in [2.24, 2.45) is 11.5 Å². The van der Waals surface area contributed by atoms with E-state index < -0.39 is 15.4 Å². The van der Waals surface area contributed by atoms with Gasteiger partial charge in [-0.15, -0.1) is 0 Å². The molecule has 0 aliphatic rings. The van der Waals surface area contributed by atoms with E-state index in [1.807, 2.05) is 13.8 Å². The largest absolute Gasteiger partial charge is 0.329 e.